The molecule has 8 aromatic carbocycles. The molecule has 0 heterocycles. The largest absolute Gasteiger partial charge is 0.399 e. The van der Waals surface area contributed by atoms with Crippen LogP contribution < -0.4 is 10.6 Å². The Kier molecular flexibility index (Phi) is 13.2. The Labute approximate surface area is 332 Å². The summed E-state index contributed by atoms with van der Waals surface area (Å²) in [6.45, 7) is 0. The number of halogens is 3. The zero-order valence-electron chi connectivity index (χ0n) is 28.9. The Hall–Kier alpha value is -5.58. The van der Waals surface area contributed by atoms with E-state index in [0.717, 1.165) is 37.3 Å². The molecule has 0 radical (unpaired) electrons. The van der Waals surface area contributed by atoms with Crippen molar-refractivity contribution in [1.82, 2.24) is 0 Å². The van der Waals surface area contributed by atoms with Crippen LogP contribution in [-0.2, 0) is 0 Å². The number of nitrogens with two attached hydrogens (primary N) is 1. The third-order valence-corrected chi connectivity index (χ3v) is 9.31. The first-order chi connectivity index (χ1) is 25.9. The van der Waals surface area contributed by atoms with Gasteiger partial charge in [-0.15, -0.1) is 0 Å². The molecule has 0 saturated heterocycles. The van der Waals surface area contributed by atoms with E-state index in [1.165, 1.54) is 33.4 Å². The van der Waals surface area contributed by atoms with E-state index in [4.69, 9.17) is 28.9 Å². The Morgan fingerprint density at radius 3 is 1.11 bits per heavy atom. The van der Waals surface area contributed by atoms with Crippen LogP contribution in [0.3, 0.4) is 0 Å². The normalized spacial score (nSPS) is 10.2. The second kappa shape index (κ2) is 18.8. The highest BCUT2D eigenvalue weighted by atomic mass is 79.9. The lowest BCUT2D eigenvalue weighted by atomic mass is 10.0. The maximum Gasteiger partial charge on any atom is 0.0467 e. The van der Waals surface area contributed by atoms with Gasteiger partial charge in [0.2, 0.25) is 0 Å². The predicted molar refractivity (Wildman–Crippen MR) is 235 cm³/mol. The Morgan fingerprint density at radius 1 is 0.358 bits per heavy atom. The van der Waals surface area contributed by atoms with E-state index in [1.54, 1.807) is 24.3 Å². The molecular weight excluding hydrogens is 755 g/mol. The molecule has 0 aromatic heterocycles. The molecule has 8 rings (SSSR count). The first-order valence-corrected chi connectivity index (χ1v) is 18.7. The van der Waals surface area contributed by atoms with Crippen LogP contribution in [0, 0.1) is 0 Å². The third kappa shape index (κ3) is 10.7. The van der Waals surface area contributed by atoms with E-state index in [2.05, 4.69) is 166 Å². The van der Waals surface area contributed by atoms with Crippen molar-refractivity contribution in [3.63, 3.8) is 0 Å². The Balaban J connectivity index is 0.000000208. The van der Waals surface area contributed by atoms with Crippen molar-refractivity contribution in [3.05, 3.63) is 227 Å². The minimum Gasteiger partial charge on any atom is -0.399 e. The molecule has 262 valence electrons. The second-order valence-corrected chi connectivity index (χ2v) is 13.9. The molecule has 8 aromatic rings. The van der Waals surface area contributed by atoms with Gasteiger partial charge in [0, 0.05) is 38.7 Å². The van der Waals surface area contributed by atoms with Gasteiger partial charge in [0.15, 0.2) is 0 Å². The molecule has 0 saturated carbocycles. The standard InChI is InChI=1S/C30H22ClN.C12H9Br.C6H6ClN.H2/c31-27-17-19-28(20-18-27)32(29-15-7-13-25(21-29)23-9-3-1-4-10-23)30-16-8-14-26(22-30)24-11-5-2-6-12-24;13-12-8-4-7-11(9-12)10-5-2-1-3-6-10;7-5-1-3-6(8)4-2-5;/h1-22H;1-9H;1-4H,8H2;1H/i;;;1+1. The summed E-state index contributed by atoms with van der Waals surface area (Å²) in [5, 5.41) is 1.45. The average Bonchev–Trinajstić information content (AvgIpc) is 3.22. The van der Waals surface area contributed by atoms with Crippen molar-refractivity contribution in [2.75, 3.05) is 10.6 Å². The SMILES string of the molecule is Brc1cccc(-c2ccccc2)c1.Clc1ccc(N(c2cccc(-c3ccccc3)c2)c2cccc(-c3ccccc3)c2)cc1.Nc1ccc(Cl)cc1.[2HH]. The van der Waals surface area contributed by atoms with Crippen LogP contribution in [0.4, 0.5) is 22.7 Å². The van der Waals surface area contributed by atoms with Crippen LogP contribution in [-0.4, -0.2) is 0 Å². The molecule has 0 bridgehead atoms. The van der Waals surface area contributed by atoms with Crippen LogP contribution in [0.5, 0.6) is 0 Å². The second-order valence-electron chi connectivity index (χ2n) is 12.1. The number of anilines is 4. The predicted octanol–water partition coefficient (Wildman–Crippen LogP) is 15.4. The third-order valence-electron chi connectivity index (χ3n) is 8.31. The fourth-order valence-corrected chi connectivity index (χ4v) is 6.36. The monoisotopic (exact) mass is 793 g/mol. The summed E-state index contributed by atoms with van der Waals surface area (Å²) in [7, 11) is 0. The van der Waals surface area contributed by atoms with Crippen LogP contribution in [0.2, 0.25) is 10.0 Å². The van der Waals surface area contributed by atoms with E-state index in [1.807, 2.05) is 42.5 Å². The molecule has 0 amide bonds. The molecule has 0 fully saturated rings. The fraction of sp³-hybridized carbons (Fsp3) is 0. The highest BCUT2D eigenvalue weighted by Gasteiger charge is 2.14. The molecule has 0 spiro atoms. The summed E-state index contributed by atoms with van der Waals surface area (Å²) in [4.78, 5) is 2.27. The minimum atomic E-state index is 0. The van der Waals surface area contributed by atoms with Gasteiger partial charge in [-0.3, -0.25) is 0 Å². The van der Waals surface area contributed by atoms with Crippen molar-refractivity contribution in [3.8, 4) is 33.4 Å². The summed E-state index contributed by atoms with van der Waals surface area (Å²) in [5.41, 5.74) is 16.6. The summed E-state index contributed by atoms with van der Waals surface area (Å²) in [6, 6.07) is 72.0. The summed E-state index contributed by atoms with van der Waals surface area (Å²) < 4.78 is 1.12. The number of benzene rings is 8. The molecule has 0 aliphatic carbocycles. The van der Waals surface area contributed by atoms with E-state index in [-0.39, 0.29) is 1.43 Å². The van der Waals surface area contributed by atoms with Gasteiger partial charge in [-0.1, -0.05) is 167 Å². The van der Waals surface area contributed by atoms with Gasteiger partial charge in [0.1, 0.15) is 0 Å². The molecule has 0 aliphatic rings. The number of hydrogen-bond acceptors (Lipinski definition) is 2. The molecule has 2 nitrogen and oxygen atoms in total. The molecule has 0 aliphatic heterocycles. The van der Waals surface area contributed by atoms with E-state index < -0.39 is 0 Å². The molecule has 2 N–H and O–H groups in total. The van der Waals surface area contributed by atoms with Gasteiger partial charge in [0.05, 0.1) is 0 Å². The minimum absolute atomic E-state index is 0. The molecule has 5 heteroatoms. The molecular formula is C48H39BrCl2N2. The highest BCUT2D eigenvalue weighted by molar-refractivity contribution is 9.10. The first-order valence-electron chi connectivity index (χ1n) is 17.1. The lowest BCUT2D eigenvalue weighted by molar-refractivity contribution is 1.28. The number of rotatable bonds is 6. The van der Waals surface area contributed by atoms with Gasteiger partial charge < -0.3 is 10.6 Å². The summed E-state index contributed by atoms with van der Waals surface area (Å²) >= 11 is 15.2. The Bertz CT molecular complexity index is 2220. The van der Waals surface area contributed by atoms with Crippen molar-refractivity contribution in [2.24, 2.45) is 0 Å². The van der Waals surface area contributed by atoms with Gasteiger partial charge in [0.25, 0.3) is 0 Å². The topological polar surface area (TPSA) is 29.3 Å². The maximum absolute atomic E-state index is 6.20. The van der Waals surface area contributed by atoms with E-state index in [9.17, 15) is 0 Å². The zero-order chi connectivity index (χ0) is 36.8. The number of nitrogens with zero attached hydrogens (tertiary/aromatic N) is 1. The first kappa shape index (κ1) is 37.2. The highest BCUT2D eigenvalue weighted by Crippen LogP contribution is 2.38. The van der Waals surface area contributed by atoms with Crippen molar-refractivity contribution in [1.29, 1.82) is 0 Å². The average molecular weight is 796 g/mol. The summed E-state index contributed by atoms with van der Waals surface area (Å²) in [5.74, 6) is 0. The van der Waals surface area contributed by atoms with Gasteiger partial charge >= 0.3 is 0 Å². The van der Waals surface area contributed by atoms with Crippen LogP contribution in [0.15, 0.2) is 217 Å². The quantitative estimate of drug-likeness (QED) is 0.170. The van der Waals surface area contributed by atoms with Gasteiger partial charge in [-0.25, -0.2) is 0 Å². The maximum atomic E-state index is 6.20. The Morgan fingerprint density at radius 2 is 0.717 bits per heavy atom. The van der Waals surface area contributed by atoms with Crippen molar-refractivity contribution >= 4 is 61.9 Å². The van der Waals surface area contributed by atoms with Gasteiger partial charge in [-0.2, -0.15) is 0 Å². The number of hydrogen-bond donors (Lipinski definition) is 1. The van der Waals surface area contributed by atoms with Crippen molar-refractivity contribution < 1.29 is 1.43 Å². The number of nitrogen functional groups attached to an aromatic ring is 1. The van der Waals surface area contributed by atoms with Crippen LogP contribution in [0.25, 0.3) is 33.4 Å². The molecule has 53 heavy (non-hydrogen) atoms. The molecule has 0 atom stereocenters. The van der Waals surface area contributed by atoms with E-state index in [0.29, 0.717) is 0 Å². The van der Waals surface area contributed by atoms with Crippen LogP contribution in [0.1, 0.15) is 1.43 Å². The lowest BCUT2D eigenvalue weighted by Crippen LogP contribution is -2.10. The fourth-order valence-electron chi connectivity index (χ4n) is 5.71. The van der Waals surface area contributed by atoms with E-state index >= 15 is 0 Å². The smallest absolute Gasteiger partial charge is 0.0467 e. The van der Waals surface area contributed by atoms with Crippen molar-refractivity contribution in [2.45, 2.75) is 0 Å². The van der Waals surface area contributed by atoms with Gasteiger partial charge in [-0.05, 0) is 118 Å². The zero-order valence-corrected chi connectivity index (χ0v) is 32.0. The summed E-state index contributed by atoms with van der Waals surface area (Å²) in [6.07, 6.45) is 0. The lowest BCUT2D eigenvalue weighted by Gasteiger charge is -2.26. The van der Waals surface area contributed by atoms with Crippen LogP contribution >= 0.6 is 39.1 Å². The molecule has 0 unspecified atom stereocenters.